The monoisotopic (exact) mass is 354 g/mol. The number of nitrogens with zero attached hydrogens (tertiary/aromatic N) is 2. The fourth-order valence-corrected chi connectivity index (χ4v) is 3.24. The highest BCUT2D eigenvalue weighted by Gasteiger charge is 2.15. The zero-order chi connectivity index (χ0) is 17.8. The van der Waals surface area contributed by atoms with Gasteiger partial charge in [-0.15, -0.1) is 11.3 Å². The van der Waals surface area contributed by atoms with Crippen molar-refractivity contribution in [2.24, 2.45) is 0 Å². The van der Waals surface area contributed by atoms with E-state index in [0.717, 1.165) is 28.2 Å². The summed E-state index contributed by atoms with van der Waals surface area (Å²) in [7, 11) is 0. The molecule has 128 valence electrons. The molecule has 1 aromatic heterocycles. The van der Waals surface area contributed by atoms with Gasteiger partial charge < -0.3 is 4.74 Å². The van der Waals surface area contributed by atoms with E-state index < -0.39 is 4.92 Å². The molecule has 0 unspecified atom stereocenters. The second-order valence-electron chi connectivity index (χ2n) is 5.71. The van der Waals surface area contributed by atoms with Crippen LogP contribution in [0.15, 0.2) is 47.8 Å². The highest BCUT2D eigenvalue weighted by Crippen LogP contribution is 2.29. The van der Waals surface area contributed by atoms with Crippen LogP contribution in [0.1, 0.15) is 23.7 Å². The summed E-state index contributed by atoms with van der Waals surface area (Å²) in [4.78, 5) is 15.3. The Morgan fingerprint density at radius 2 is 1.96 bits per heavy atom. The average molecular weight is 354 g/mol. The summed E-state index contributed by atoms with van der Waals surface area (Å²) in [5, 5.41) is 14.0. The van der Waals surface area contributed by atoms with E-state index in [-0.39, 0.29) is 18.0 Å². The summed E-state index contributed by atoms with van der Waals surface area (Å²) in [6, 6.07) is 13.3. The predicted octanol–water partition coefficient (Wildman–Crippen LogP) is 5.17. The van der Waals surface area contributed by atoms with E-state index in [2.05, 4.69) is 36.2 Å². The summed E-state index contributed by atoms with van der Waals surface area (Å²) in [5.41, 5.74) is 3.91. The Kier molecular flexibility index (Phi) is 5.09. The maximum absolute atomic E-state index is 11.1. The first-order chi connectivity index (χ1) is 12.1. The molecule has 0 saturated heterocycles. The van der Waals surface area contributed by atoms with Gasteiger partial charge in [0.05, 0.1) is 10.6 Å². The number of nitro groups is 1. The molecule has 0 bridgehead atoms. The van der Waals surface area contributed by atoms with Gasteiger partial charge in [0.1, 0.15) is 11.6 Å². The molecule has 5 nitrogen and oxygen atoms in total. The van der Waals surface area contributed by atoms with Gasteiger partial charge in [0.25, 0.3) is 0 Å². The van der Waals surface area contributed by atoms with E-state index in [1.54, 1.807) is 12.1 Å². The standard InChI is InChI=1S/C19H18N2O3S/c1-3-14-5-7-15(8-6-14)19-20-16(12-25-19)11-24-18-9-4-13(2)10-17(18)21(22)23/h4-10,12H,3,11H2,1-2H3. The van der Waals surface area contributed by atoms with Gasteiger partial charge in [-0.05, 0) is 30.5 Å². The van der Waals surface area contributed by atoms with Crippen LogP contribution < -0.4 is 4.74 Å². The van der Waals surface area contributed by atoms with Crippen molar-refractivity contribution >= 4 is 17.0 Å². The van der Waals surface area contributed by atoms with E-state index in [9.17, 15) is 10.1 Å². The second-order valence-corrected chi connectivity index (χ2v) is 6.57. The summed E-state index contributed by atoms with van der Waals surface area (Å²) in [6.07, 6.45) is 1.01. The third-order valence-electron chi connectivity index (χ3n) is 3.85. The van der Waals surface area contributed by atoms with Gasteiger partial charge in [-0.3, -0.25) is 10.1 Å². The number of aryl methyl sites for hydroxylation is 2. The topological polar surface area (TPSA) is 65.3 Å². The Morgan fingerprint density at radius 3 is 2.64 bits per heavy atom. The molecule has 0 spiro atoms. The molecule has 0 radical (unpaired) electrons. The molecule has 25 heavy (non-hydrogen) atoms. The summed E-state index contributed by atoms with van der Waals surface area (Å²) < 4.78 is 5.63. The Hall–Kier alpha value is -2.73. The number of nitro benzene ring substituents is 1. The lowest BCUT2D eigenvalue weighted by Gasteiger charge is -2.05. The highest BCUT2D eigenvalue weighted by molar-refractivity contribution is 7.13. The quantitative estimate of drug-likeness (QED) is 0.452. The van der Waals surface area contributed by atoms with Gasteiger partial charge in [0.15, 0.2) is 5.75 Å². The molecule has 0 aliphatic heterocycles. The van der Waals surface area contributed by atoms with Crippen LogP contribution >= 0.6 is 11.3 Å². The van der Waals surface area contributed by atoms with Crippen molar-refractivity contribution < 1.29 is 9.66 Å². The summed E-state index contributed by atoms with van der Waals surface area (Å²) in [5.74, 6) is 0.262. The molecule has 3 rings (SSSR count). The van der Waals surface area contributed by atoms with E-state index in [1.807, 2.05) is 12.3 Å². The molecule has 0 fully saturated rings. The fraction of sp³-hybridized carbons (Fsp3) is 0.211. The number of hydrogen-bond donors (Lipinski definition) is 0. The van der Waals surface area contributed by atoms with Crippen molar-refractivity contribution in [3.05, 3.63) is 74.8 Å². The Bertz CT molecular complexity index is 888. The first-order valence-corrected chi connectivity index (χ1v) is 8.86. The Morgan fingerprint density at radius 1 is 1.20 bits per heavy atom. The molecular weight excluding hydrogens is 336 g/mol. The van der Waals surface area contributed by atoms with Crippen molar-refractivity contribution in [3.8, 4) is 16.3 Å². The zero-order valence-electron chi connectivity index (χ0n) is 14.1. The first-order valence-electron chi connectivity index (χ1n) is 7.98. The fourth-order valence-electron chi connectivity index (χ4n) is 2.43. The zero-order valence-corrected chi connectivity index (χ0v) is 14.9. The molecule has 6 heteroatoms. The molecule has 0 N–H and O–H groups in total. The number of ether oxygens (including phenoxy) is 1. The predicted molar refractivity (Wildman–Crippen MR) is 99.1 cm³/mol. The van der Waals surface area contributed by atoms with Crippen molar-refractivity contribution in [2.45, 2.75) is 26.9 Å². The number of hydrogen-bond acceptors (Lipinski definition) is 5. The third-order valence-corrected chi connectivity index (χ3v) is 4.79. The smallest absolute Gasteiger partial charge is 0.311 e. The lowest BCUT2D eigenvalue weighted by atomic mass is 10.1. The van der Waals surface area contributed by atoms with Crippen LogP contribution in [0.4, 0.5) is 5.69 Å². The highest BCUT2D eigenvalue weighted by atomic mass is 32.1. The SMILES string of the molecule is CCc1ccc(-c2nc(COc3ccc(C)cc3[N+](=O)[O-])cs2)cc1. The van der Waals surface area contributed by atoms with E-state index in [4.69, 9.17) is 4.74 Å². The Balaban J connectivity index is 1.73. The van der Waals surface area contributed by atoms with Gasteiger partial charge in [-0.25, -0.2) is 4.98 Å². The van der Waals surface area contributed by atoms with Crippen molar-refractivity contribution in [2.75, 3.05) is 0 Å². The molecule has 1 heterocycles. The van der Waals surface area contributed by atoms with Gasteiger partial charge in [0.2, 0.25) is 0 Å². The number of aromatic nitrogens is 1. The maximum Gasteiger partial charge on any atom is 0.311 e. The molecule has 0 saturated carbocycles. The average Bonchev–Trinajstić information content (AvgIpc) is 3.09. The van der Waals surface area contributed by atoms with Crippen LogP contribution in [0, 0.1) is 17.0 Å². The maximum atomic E-state index is 11.1. The van der Waals surface area contributed by atoms with Crippen molar-refractivity contribution in [1.82, 2.24) is 4.98 Å². The van der Waals surface area contributed by atoms with Gasteiger partial charge in [-0.2, -0.15) is 0 Å². The number of rotatable bonds is 6. The lowest BCUT2D eigenvalue weighted by Crippen LogP contribution is -1.99. The van der Waals surface area contributed by atoms with Crippen molar-refractivity contribution in [1.29, 1.82) is 0 Å². The molecule has 0 amide bonds. The van der Waals surface area contributed by atoms with E-state index in [0.29, 0.717) is 0 Å². The minimum Gasteiger partial charge on any atom is -0.480 e. The molecular formula is C19H18N2O3S. The molecule has 2 aromatic carbocycles. The van der Waals surface area contributed by atoms with E-state index >= 15 is 0 Å². The van der Waals surface area contributed by atoms with E-state index in [1.165, 1.54) is 23.0 Å². The molecule has 0 atom stereocenters. The minimum atomic E-state index is -0.426. The number of thiazole rings is 1. The van der Waals surface area contributed by atoms with Crippen LogP contribution in [0.2, 0.25) is 0 Å². The van der Waals surface area contributed by atoms with Gasteiger partial charge in [-0.1, -0.05) is 37.3 Å². The number of benzene rings is 2. The van der Waals surface area contributed by atoms with Crippen molar-refractivity contribution in [3.63, 3.8) is 0 Å². The normalized spacial score (nSPS) is 10.6. The summed E-state index contributed by atoms with van der Waals surface area (Å²) in [6.45, 7) is 4.14. The molecule has 3 aromatic rings. The minimum absolute atomic E-state index is 0.0226. The Labute approximate surface area is 150 Å². The van der Waals surface area contributed by atoms with Crippen LogP contribution in [-0.4, -0.2) is 9.91 Å². The second kappa shape index (κ2) is 7.44. The van der Waals surface area contributed by atoms with Crippen LogP contribution in [-0.2, 0) is 13.0 Å². The first kappa shape index (κ1) is 17.1. The van der Waals surface area contributed by atoms with Crippen LogP contribution in [0.5, 0.6) is 5.75 Å². The molecule has 0 aliphatic rings. The van der Waals surface area contributed by atoms with Gasteiger partial charge in [0, 0.05) is 17.0 Å². The van der Waals surface area contributed by atoms with Crippen LogP contribution in [0.25, 0.3) is 10.6 Å². The molecule has 0 aliphatic carbocycles. The van der Waals surface area contributed by atoms with Crippen LogP contribution in [0.3, 0.4) is 0 Å². The largest absolute Gasteiger partial charge is 0.480 e. The third kappa shape index (κ3) is 4.03. The lowest BCUT2D eigenvalue weighted by molar-refractivity contribution is -0.386. The van der Waals surface area contributed by atoms with Gasteiger partial charge >= 0.3 is 5.69 Å². The summed E-state index contributed by atoms with van der Waals surface area (Å²) >= 11 is 1.54.